The van der Waals surface area contributed by atoms with Crippen LogP contribution in [-0.2, 0) is 22.6 Å². The quantitative estimate of drug-likeness (QED) is 0.407. The molecule has 1 saturated heterocycles. The zero-order chi connectivity index (χ0) is 24.1. The van der Waals surface area contributed by atoms with E-state index in [0.29, 0.717) is 23.7 Å². The summed E-state index contributed by atoms with van der Waals surface area (Å²) in [6.45, 7) is 4.29. The number of carbonyl (C=O) groups is 2. The summed E-state index contributed by atoms with van der Waals surface area (Å²) < 4.78 is 0. The van der Waals surface area contributed by atoms with Gasteiger partial charge in [0.15, 0.2) is 0 Å². The first-order valence-electron chi connectivity index (χ1n) is 11.1. The zero-order valence-corrected chi connectivity index (χ0v) is 19.9. The molecule has 0 aromatic heterocycles. The number of rotatable bonds is 6. The molecule has 34 heavy (non-hydrogen) atoms. The first-order valence-corrected chi connectivity index (χ1v) is 11.9. The average Bonchev–Trinajstić information content (AvgIpc) is 3.16. The molecule has 1 atom stereocenters. The van der Waals surface area contributed by atoms with Crippen molar-refractivity contribution in [1.29, 1.82) is 5.26 Å². The molecule has 4 rings (SSSR count). The number of thioether (sulfide) groups is 1. The van der Waals surface area contributed by atoms with Crippen molar-refractivity contribution in [2.24, 2.45) is 0 Å². The topological polar surface area (TPSA) is 73.2 Å². The van der Waals surface area contributed by atoms with E-state index in [1.54, 1.807) is 0 Å². The molecule has 170 valence electrons. The van der Waals surface area contributed by atoms with Crippen molar-refractivity contribution in [3.05, 3.63) is 112 Å². The van der Waals surface area contributed by atoms with Crippen molar-refractivity contribution >= 4 is 29.3 Å². The van der Waals surface area contributed by atoms with Gasteiger partial charge in [-0.2, -0.15) is 5.26 Å². The first-order chi connectivity index (χ1) is 16.5. The third kappa shape index (κ3) is 5.05. The van der Waals surface area contributed by atoms with Crippen LogP contribution in [0, 0.1) is 25.2 Å². The highest BCUT2D eigenvalue weighted by molar-refractivity contribution is 8.05. The lowest BCUT2D eigenvalue weighted by Gasteiger charge is -2.19. The van der Waals surface area contributed by atoms with Gasteiger partial charge in [0.05, 0.1) is 5.25 Å². The van der Waals surface area contributed by atoms with Crippen molar-refractivity contribution < 1.29 is 9.59 Å². The van der Waals surface area contributed by atoms with Crippen LogP contribution in [0.2, 0.25) is 0 Å². The number of nitriles is 1. The van der Waals surface area contributed by atoms with Crippen LogP contribution >= 0.6 is 11.8 Å². The highest BCUT2D eigenvalue weighted by Gasteiger charge is 2.40. The zero-order valence-electron chi connectivity index (χ0n) is 19.1. The van der Waals surface area contributed by atoms with Gasteiger partial charge in [-0.1, -0.05) is 84.1 Å². The molecule has 5 nitrogen and oxygen atoms in total. The second-order valence-electron chi connectivity index (χ2n) is 8.21. The van der Waals surface area contributed by atoms with Crippen molar-refractivity contribution in [1.82, 2.24) is 5.32 Å². The Kier molecular flexibility index (Phi) is 7.15. The number of nitrogens with one attached hydrogen (secondary N) is 1. The van der Waals surface area contributed by atoms with Gasteiger partial charge in [-0.3, -0.25) is 14.5 Å². The van der Waals surface area contributed by atoms with E-state index in [4.69, 9.17) is 0 Å². The molecule has 2 amide bonds. The standard InChI is InChI=1S/C28H25N3O2S/c1-19-12-14-23(15-13-19)31-27(33)25(16-22-11-7-6-8-20(22)2)34-28(31)24(17-29)26(32)30-18-21-9-4-3-5-10-21/h3-15,25H,16,18H2,1-2H3,(H,30,32)/b28-24-. The maximum Gasteiger partial charge on any atom is 0.264 e. The number of hydrogen-bond acceptors (Lipinski definition) is 4. The van der Waals surface area contributed by atoms with E-state index >= 15 is 0 Å². The smallest absolute Gasteiger partial charge is 0.264 e. The minimum absolute atomic E-state index is 0.0536. The van der Waals surface area contributed by atoms with E-state index in [1.165, 1.54) is 16.7 Å². The molecule has 0 bridgehead atoms. The molecule has 1 fully saturated rings. The number of anilines is 1. The minimum Gasteiger partial charge on any atom is -0.347 e. The fourth-order valence-electron chi connectivity index (χ4n) is 3.82. The van der Waals surface area contributed by atoms with Gasteiger partial charge >= 0.3 is 0 Å². The second kappa shape index (κ2) is 10.4. The Morgan fingerprint density at radius 1 is 1.00 bits per heavy atom. The summed E-state index contributed by atoms with van der Waals surface area (Å²) in [7, 11) is 0. The lowest BCUT2D eigenvalue weighted by Crippen LogP contribution is -2.32. The second-order valence-corrected chi connectivity index (χ2v) is 9.40. The van der Waals surface area contributed by atoms with Gasteiger partial charge in [0.1, 0.15) is 16.7 Å². The van der Waals surface area contributed by atoms with E-state index in [-0.39, 0.29) is 11.5 Å². The van der Waals surface area contributed by atoms with E-state index in [2.05, 4.69) is 11.4 Å². The van der Waals surface area contributed by atoms with Crippen LogP contribution in [0.3, 0.4) is 0 Å². The highest BCUT2D eigenvalue weighted by Crippen LogP contribution is 2.42. The van der Waals surface area contributed by atoms with Gasteiger partial charge in [0.2, 0.25) is 5.91 Å². The summed E-state index contributed by atoms with van der Waals surface area (Å²) in [6.07, 6.45) is 0.520. The third-order valence-corrected chi connectivity index (χ3v) is 7.02. The number of benzene rings is 3. The van der Waals surface area contributed by atoms with Crippen molar-refractivity contribution in [3.8, 4) is 6.07 Å². The van der Waals surface area contributed by atoms with E-state index in [9.17, 15) is 14.9 Å². The third-order valence-electron chi connectivity index (χ3n) is 5.76. The fraction of sp³-hybridized carbons (Fsp3) is 0.179. The first kappa shape index (κ1) is 23.3. The molecule has 1 aliphatic rings. The summed E-state index contributed by atoms with van der Waals surface area (Å²) in [4.78, 5) is 28.1. The van der Waals surface area contributed by atoms with Gasteiger partial charge in [0, 0.05) is 12.2 Å². The van der Waals surface area contributed by atoms with Crippen LogP contribution in [-0.4, -0.2) is 17.1 Å². The lowest BCUT2D eigenvalue weighted by atomic mass is 10.0. The van der Waals surface area contributed by atoms with Crippen molar-refractivity contribution in [2.45, 2.75) is 32.1 Å². The molecule has 1 N–H and O–H groups in total. The number of hydrogen-bond donors (Lipinski definition) is 1. The van der Waals surface area contributed by atoms with Gasteiger partial charge in [-0.15, -0.1) is 0 Å². The van der Waals surface area contributed by atoms with E-state index in [1.807, 2.05) is 92.7 Å². The Bertz CT molecular complexity index is 1280. The Balaban J connectivity index is 1.68. The SMILES string of the molecule is Cc1ccc(N2C(=O)C(Cc3ccccc3C)S/C2=C(/C#N)C(=O)NCc2ccccc2)cc1. The largest absolute Gasteiger partial charge is 0.347 e. The van der Waals surface area contributed by atoms with Crippen LogP contribution in [0.5, 0.6) is 0 Å². The Labute approximate surface area is 204 Å². The predicted molar refractivity (Wildman–Crippen MR) is 136 cm³/mol. The van der Waals surface area contributed by atoms with Crippen molar-refractivity contribution in [3.63, 3.8) is 0 Å². The number of nitrogens with zero attached hydrogens (tertiary/aromatic N) is 2. The van der Waals surface area contributed by atoms with Crippen LogP contribution < -0.4 is 10.2 Å². The molecule has 0 spiro atoms. The normalized spacial score (nSPS) is 16.8. The lowest BCUT2D eigenvalue weighted by molar-refractivity contribution is -0.117. The monoisotopic (exact) mass is 467 g/mol. The maximum atomic E-state index is 13.6. The number of aryl methyl sites for hydroxylation is 2. The highest BCUT2D eigenvalue weighted by atomic mass is 32.2. The summed E-state index contributed by atoms with van der Waals surface area (Å²) in [6, 6.07) is 27.1. The Morgan fingerprint density at radius 3 is 2.35 bits per heavy atom. The Morgan fingerprint density at radius 2 is 1.68 bits per heavy atom. The molecule has 3 aromatic carbocycles. The fourth-order valence-corrected chi connectivity index (χ4v) is 5.12. The van der Waals surface area contributed by atoms with Crippen molar-refractivity contribution in [2.75, 3.05) is 4.90 Å². The predicted octanol–water partition coefficient (Wildman–Crippen LogP) is 5.05. The van der Waals surface area contributed by atoms with Gasteiger partial charge < -0.3 is 5.32 Å². The van der Waals surface area contributed by atoms with Gasteiger partial charge in [-0.25, -0.2) is 0 Å². The maximum absolute atomic E-state index is 13.6. The van der Waals surface area contributed by atoms with Crippen LogP contribution in [0.15, 0.2) is 89.5 Å². The van der Waals surface area contributed by atoms with E-state index in [0.717, 1.165) is 22.3 Å². The van der Waals surface area contributed by atoms with Crippen LogP contribution in [0.4, 0.5) is 5.69 Å². The average molecular weight is 468 g/mol. The van der Waals surface area contributed by atoms with Gasteiger partial charge in [0.25, 0.3) is 5.91 Å². The molecule has 6 heteroatoms. The molecule has 1 aliphatic heterocycles. The molecule has 0 radical (unpaired) electrons. The molecule has 3 aromatic rings. The van der Waals surface area contributed by atoms with Crippen LogP contribution in [0.25, 0.3) is 0 Å². The molecule has 0 aliphatic carbocycles. The summed E-state index contributed by atoms with van der Waals surface area (Å²) in [5, 5.41) is 12.7. The molecule has 0 saturated carbocycles. The number of amides is 2. The molecule has 1 unspecified atom stereocenters. The summed E-state index contributed by atoms with van der Waals surface area (Å²) >= 11 is 1.28. The molecular weight excluding hydrogens is 442 g/mol. The minimum atomic E-state index is -0.490. The molecular formula is C28H25N3O2S. The molecule has 1 heterocycles. The summed E-state index contributed by atoms with van der Waals surface area (Å²) in [5.74, 6) is -0.619. The summed E-state index contributed by atoms with van der Waals surface area (Å²) in [5.41, 5.74) is 4.77. The van der Waals surface area contributed by atoms with Gasteiger partial charge in [-0.05, 0) is 49.1 Å². The van der Waals surface area contributed by atoms with Crippen LogP contribution in [0.1, 0.15) is 22.3 Å². The van der Waals surface area contributed by atoms with E-state index < -0.39 is 11.2 Å². The number of carbonyl (C=O) groups excluding carboxylic acids is 2. The Hall–Kier alpha value is -3.82.